The highest BCUT2D eigenvalue weighted by molar-refractivity contribution is 5.75. The lowest BCUT2D eigenvalue weighted by atomic mass is 9.80. The van der Waals surface area contributed by atoms with Crippen molar-refractivity contribution in [2.45, 2.75) is 70.6 Å². The Morgan fingerprint density at radius 1 is 1.20 bits per heavy atom. The Hall–Kier alpha value is -0.610. The number of esters is 1. The van der Waals surface area contributed by atoms with Crippen LogP contribution in [0.3, 0.4) is 0 Å². The minimum Gasteiger partial charge on any atom is -0.468 e. The summed E-state index contributed by atoms with van der Waals surface area (Å²) in [5.41, 5.74) is 0. The van der Waals surface area contributed by atoms with E-state index in [2.05, 4.69) is 19.2 Å². The van der Waals surface area contributed by atoms with Crippen LogP contribution in [-0.4, -0.2) is 37.9 Å². The van der Waals surface area contributed by atoms with Gasteiger partial charge in [0.05, 0.1) is 13.2 Å². The van der Waals surface area contributed by atoms with E-state index in [4.69, 9.17) is 9.47 Å². The molecule has 2 aliphatic rings. The van der Waals surface area contributed by atoms with E-state index < -0.39 is 0 Å². The largest absolute Gasteiger partial charge is 0.468 e. The highest BCUT2D eigenvalue weighted by Gasteiger charge is 2.29. The third kappa shape index (κ3) is 4.74. The van der Waals surface area contributed by atoms with Crippen molar-refractivity contribution in [2.24, 2.45) is 11.8 Å². The topological polar surface area (TPSA) is 47.6 Å². The second-order valence-electron chi connectivity index (χ2n) is 6.57. The number of methoxy groups -OCH3 is 1. The van der Waals surface area contributed by atoms with Crippen LogP contribution in [0, 0.1) is 11.8 Å². The van der Waals surface area contributed by atoms with Gasteiger partial charge >= 0.3 is 5.97 Å². The molecule has 0 saturated heterocycles. The Labute approximate surface area is 122 Å². The zero-order valence-corrected chi connectivity index (χ0v) is 13.1. The van der Waals surface area contributed by atoms with Crippen molar-refractivity contribution in [3.8, 4) is 0 Å². The van der Waals surface area contributed by atoms with Gasteiger partial charge in [-0.05, 0) is 50.4 Å². The van der Waals surface area contributed by atoms with Crippen LogP contribution in [0.5, 0.6) is 0 Å². The van der Waals surface area contributed by atoms with Crippen LogP contribution in [0.4, 0.5) is 0 Å². The fourth-order valence-corrected chi connectivity index (χ4v) is 2.95. The van der Waals surface area contributed by atoms with Gasteiger partial charge in [-0.3, -0.25) is 4.79 Å². The summed E-state index contributed by atoms with van der Waals surface area (Å²) in [5.74, 6) is 1.40. The Morgan fingerprint density at radius 3 is 2.55 bits per heavy atom. The van der Waals surface area contributed by atoms with E-state index in [-0.39, 0.29) is 12.0 Å². The van der Waals surface area contributed by atoms with Crippen LogP contribution in [0.15, 0.2) is 0 Å². The van der Waals surface area contributed by atoms with Crippen LogP contribution in [0.2, 0.25) is 0 Å². The number of ether oxygens (including phenoxy) is 2. The molecule has 1 N–H and O–H groups in total. The summed E-state index contributed by atoms with van der Waals surface area (Å²) < 4.78 is 10.8. The highest BCUT2D eigenvalue weighted by atomic mass is 16.5. The third-order valence-corrected chi connectivity index (χ3v) is 4.81. The van der Waals surface area contributed by atoms with Gasteiger partial charge in [-0.25, -0.2) is 0 Å². The Balaban J connectivity index is 1.68. The van der Waals surface area contributed by atoms with Crippen molar-refractivity contribution < 1.29 is 14.3 Å². The number of hydrogen-bond donors (Lipinski definition) is 1. The Kier molecular flexibility index (Phi) is 5.85. The zero-order chi connectivity index (χ0) is 14.5. The summed E-state index contributed by atoms with van der Waals surface area (Å²) in [6, 6.07) is 0.307. The highest BCUT2D eigenvalue weighted by Crippen LogP contribution is 2.31. The predicted molar refractivity (Wildman–Crippen MR) is 78.5 cm³/mol. The molecule has 2 fully saturated rings. The van der Waals surface area contributed by atoms with Crippen molar-refractivity contribution in [1.82, 2.24) is 5.32 Å². The lowest BCUT2D eigenvalue weighted by molar-refractivity contribution is -0.144. The third-order valence-electron chi connectivity index (χ3n) is 4.81. The van der Waals surface area contributed by atoms with E-state index in [1.807, 2.05) is 0 Å². The molecule has 4 unspecified atom stereocenters. The number of carbonyl (C=O) groups is 1. The molecule has 0 spiro atoms. The second-order valence-corrected chi connectivity index (χ2v) is 6.57. The first-order valence-corrected chi connectivity index (χ1v) is 8.05. The Bertz CT molecular complexity index is 317. The van der Waals surface area contributed by atoms with Gasteiger partial charge in [-0.15, -0.1) is 0 Å². The summed E-state index contributed by atoms with van der Waals surface area (Å²) in [5, 5.41) is 3.34. The number of rotatable bonds is 7. The molecule has 2 rings (SSSR count). The van der Waals surface area contributed by atoms with E-state index in [0.29, 0.717) is 25.2 Å². The molecule has 0 aliphatic heterocycles. The summed E-state index contributed by atoms with van der Waals surface area (Å²) >= 11 is 0. The van der Waals surface area contributed by atoms with E-state index in [9.17, 15) is 4.79 Å². The summed E-state index contributed by atoms with van der Waals surface area (Å²) in [6.07, 6.45) is 7.00. The molecular formula is C16H29NO3. The molecule has 2 aliphatic carbocycles. The lowest BCUT2D eigenvalue weighted by Gasteiger charge is -2.32. The molecular weight excluding hydrogens is 254 g/mol. The van der Waals surface area contributed by atoms with E-state index in [0.717, 1.165) is 24.7 Å². The van der Waals surface area contributed by atoms with Gasteiger partial charge in [-0.1, -0.05) is 13.8 Å². The molecule has 116 valence electrons. The minimum absolute atomic E-state index is 0.161. The Morgan fingerprint density at radius 2 is 1.95 bits per heavy atom. The van der Waals surface area contributed by atoms with Crippen LogP contribution in [0.1, 0.15) is 52.4 Å². The van der Waals surface area contributed by atoms with Crippen molar-refractivity contribution >= 4 is 5.97 Å². The van der Waals surface area contributed by atoms with Crippen molar-refractivity contribution in [3.05, 3.63) is 0 Å². The molecule has 0 radical (unpaired) electrons. The molecule has 4 atom stereocenters. The fraction of sp³-hybridized carbons (Fsp3) is 0.938. The monoisotopic (exact) mass is 283 g/mol. The SMILES string of the molecule is COC(=O)C(CCOC1CCC(C)C(C)C1)NC1CC1. The standard InChI is InChI=1S/C16H29NO3/c1-11-4-7-14(10-12(11)2)20-9-8-15(16(18)19-3)17-13-5-6-13/h11-15,17H,4-10H2,1-3H3. The normalized spacial score (nSPS) is 31.9. The van der Waals surface area contributed by atoms with Gasteiger partial charge in [0.25, 0.3) is 0 Å². The average Bonchev–Trinajstić information content (AvgIpc) is 3.25. The van der Waals surface area contributed by atoms with Crippen LogP contribution >= 0.6 is 0 Å². The first-order chi connectivity index (χ1) is 9.60. The summed E-state index contributed by atoms with van der Waals surface area (Å²) in [6.45, 7) is 5.28. The van der Waals surface area contributed by atoms with Gasteiger partial charge < -0.3 is 14.8 Å². The molecule has 4 heteroatoms. The van der Waals surface area contributed by atoms with Crippen molar-refractivity contribution in [3.63, 3.8) is 0 Å². The quantitative estimate of drug-likeness (QED) is 0.729. The molecule has 0 amide bonds. The fourth-order valence-electron chi connectivity index (χ4n) is 2.95. The van der Waals surface area contributed by atoms with E-state index in [1.54, 1.807) is 0 Å². The summed E-state index contributed by atoms with van der Waals surface area (Å²) in [7, 11) is 1.45. The van der Waals surface area contributed by atoms with Crippen molar-refractivity contribution in [2.75, 3.05) is 13.7 Å². The van der Waals surface area contributed by atoms with Gasteiger partial charge in [0.15, 0.2) is 0 Å². The molecule has 0 aromatic heterocycles. The van der Waals surface area contributed by atoms with E-state index in [1.165, 1.54) is 26.4 Å². The second kappa shape index (κ2) is 7.41. The average molecular weight is 283 g/mol. The first kappa shape index (κ1) is 15.8. The molecule has 0 aromatic rings. The van der Waals surface area contributed by atoms with Gasteiger partial charge in [0.1, 0.15) is 6.04 Å². The van der Waals surface area contributed by atoms with Crippen LogP contribution in [0.25, 0.3) is 0 Å². The smallest absolute Gasteiger partial charge is 0.322 e. The van der Waals surface area contributed by atoms with Crippen LogP contribution < -0.4 is 5.32 Å². The number of hydrogen-bond acceptors (Lipinski definition) is 4. The van der Waals surface area contributed by atoms with Crippen molar-refractivity contribution in [1.29, 1.82) is 0 Å². The van der Waals surface area contributed by atoms with Gasteiger partial charge in [-0.2, -0.15) is 0 Å². The summed E-state index contributed by atoms with van der Waals surface area (Å²) in [4.78, 5) is 11.7. The number of nitrogens with one attached hydrogen (secondary N) is 1. The van der Waals surface area contributed by atoms with Crippen LogP contribution in [-0.2, 0) is 14.3 Å². The maximum Gasteiger partial charge on any atom is 0.322 e. The molecule has 2 saturated carbocycles. The van der Waals surface area contributed by atoms with E-state index >= 15 is 0 Å². The maximum absolute atomic E-state index is 11.7. The van der Waals surface area contributed by atoms with Gasteiger partial charge in [0.2, 0.25) is 0 Å². The minimum atomic E-state index is -0.201. The molecule has 0 bridgehead atoms. The lowest BCUT2D eigenvalue weighted by Crippen LogP contribution is -2.40. The molecule has 0 heterocycles. The predicted octanol–water partition coefficient (Wildman–Crippen LogP) is 2.51. The zero-order valence-electron chi connectivity index (χ0n) is 13.1. The first-order valence-electron chi connectivity index (χ1n) is 8.05. The molecule has 0 aromatic carbocycles. The number of carbonyl (C=O) groups excluding carboxylic acids is 1. The molecule has 20 heavy (non-hydrogen) atoms. The maximum atomic E-state index is 11.7. The van der Waals surface area contributed by atoms with Gasteiger partial charge in [0, 0.05) is 12.6 Å². The molecule has 4 nitrogen and oxygen atoms in total.